The van der Waals surface area contributed by atoms with Crippen LogP contribution in [0, 0.1) is 0 Å². The van der Waals surface area contributed by atoms with E-state index in [0.29, 0.717) is 6.54 Å². The first kappa shape index (κ1) is 16.8. The number of hydrogen-bond acceptors (Lipinski definition) is 4. The number of nitrogens with one attached hydrogen (secondary N) is 1. The van der Waals surface area contributed by atoms with E-state index in [2.05, 4.69) is 34.5 Å². The average molecular weight is 305 g/mol. The molecule has 0 radical (unpaired) electrons. The zero-order valence-corrected chi connectivity index (χ0v) is 13.8. The molecule has 0 aliphatic carbocycles. The van der Waals surface area contributed by atoms with Gasteiger partial charge in [-0.1, -0.05) is 24.3 Å². The van der Waals surface area contributed by atoms with Gasteiger partial charge in [-0.25, -0.2) is 4.79 Å². The van der Waals surface area contributed by atoms with Gasteiger partial charge in [-0.05, 0) is 38.3 Å². The molecule has 1 aromatic carbocycles. The van der Waals surface area contributed by atoms with E-state index in [1.807, 2.05) is 20.8 Å². The molecule has 0 spiro atoms. The SMILES string of the molecule is CC(C)(C)OC(=O)NC1CCN(Cc2ccc(CN)cc2)C1. The van der Waals surface area contributed by atoms with Crippen LogP contribution in [0.2, 0.25) is 0 Å². The van der Waals surface area contributed by atoms with Crippen LogP contribution in [0.15, 0.2) is 24.3 Å². The van der Waals surface area contributed by atoms with Crippen LogP contribution in [0.5, 0.6) is 0 Å². The first-order valence-corrected chi connectivity index (χ1v) is 7.85. The molecule has 1 fully saturated rings. The van der Waals surface area contributed by atoms with Crippen molar-refractivity contribution in [3.05, 3.63) is 35.4 Å². The molecule has 5 nitrogen and oxygen atoms in total. The van der Waals surface area contributed by atoms with Crippen LogP contribution in [0.1, 0.15) is 38.3 Å². The normalized spacial score (nSPS) is 19.2. The first-order chi connectivity index (χ1) is 10.4. The number of likely N-dealkylation sites (tertiary alicyclic amines) is 1. The lowest BCUT2D eigenvalue weighted by molar-refractivity contribution is 0.0506. The number of amides is 1. The minimum absolute atomic E-state index is 0.165. The van der Waals surface area contributed by atoms with E-state index in [-0.39, 0.29) is 12.1 Å². The standard InChI is InChI=1S/C17H27N3O2/c1-17(2,3)22-16(21)19-15-8-9-20(12-15)11-14-6-4-13(10-18)5-7-14/h4-7,15H,8-12,18H2,1-3H3,(H,19,21). The van der Waals surface area contributed by atoms with Gasteiger partial charge in [0.1, 0.15) is 5.60 Å². The van der Waals surface area contributed by atoms with Crippen LogP contribution in [-0.2, 0) is 17.8 Å². The molecule has 1 aliphatic rings. The highest BCUT2D eigenvalue weighted by molar-refractivity contribution is 5.68. The lowest BCUT2D eigenvalue weighted by atomic mass is 10.1. The summed E-state index contributed by atoms with van der Waals surface area (Å²) in [7, 11) is 0. The Kier molecular flexibility index (Phi) is 5.42. The van der Waals surface area contributed by atoms with Gasteiger partial charge in [0.25, 0.3) is 0 Å². The average Bonchev–Trinajstić information content (AvgIpc) is 2.84. The van der Waals surface area contributed by atoms with Crippen LogP contribution in [-0.4, -0.2) is 35.7 Å². The summed E-state index contributed by atoms with van der Waals surface area (Å²) in [6, 6.07) is 8.55. The van der Waals surface area contributed by atoms with Gasteiger partial charge in [0.05, 0.1) is 0 Å². The number of benzene rings is 1. The molecule has 1 aromatic rings. The van der Waals surface area contributed by atoms with Gasteiger partial charge >= 0.3 is 6.09 Å². The molecule has 1 atom stereocenters. The van der Waals surface area contributed by atoms with E-state index >= 15 is 0 Å². The van der Waals surface area contributed by atoms with E-state index < -0.39 is 5.60 Å². The zero-order chi connectivity index (χ0) is 16.2. The number of carbonyl (C=O) groups is 1. The van der Waals surface area contributed by atoms with Gasteiger partial charge in [0.2, 0.25) is 0 Å². The van der Waals surface area contributed by atoms with Gasteiger partial charge < -0.3 is 15.8 Å². The maximum absolute atomic E-state index is 11.8. The van der Waals surface area contributed by atoms with Crippen molar-refractivity contribution < 1.29 is 9.53 Å². The van der Waals surface area contributed by atoms with Crippen LogP contribution in [0.3, 0.4) is 0 Å². The summed E-state index contributed by atoms with van der Waals surface area (Å²) in [6.45, 7) is 8.94. The Morgan fingerprint density at radius 3 is 2.55 bits per heavy atom. The van der Waals surface area contributed by atoms with Crippen molar-refractivity contribution in [3.8, 4) is 0 Å². The molecule has 1 heterocycles. The molecule has 0 aromatic heterocycles. The number of alkyl carbamates (subject to hydrolysis) is 1. The maximum atomic E-state index is 11.8. The quantitative estimate of drug-likeness (QED) is 0.895. The van der Waals surface area contributed by atoms with Gasteiger partial charge in [-0.2, -0.15) is 0 Å². The van der Waals surface area contributed by atoms with E-state index in [1.165, 1.54) is 5.56 Å². The Morgan fingerprint density at radius 2 is 1.95 bits per heavy atom. The number of nitrogens with two attached hydrogens (primary N) is 1. The molecule has 1 amide bonds. The lowest BCUT2D eigenvalue weighted by Gasteiger charge is -2.22. The molecule has 1 saturated heterocycles. The van der Waals surface area contributed by atoms with Crippen molar-refractivity contribution in [1.29, 1.82) is 0 Å². The van der Waals surface area contributed by atoms with Crippen molar-refractivity contribution in [3.63, 3.8) is 0 Å². The topological polar surface area (TPSA) is 67.6 Å². The third-order valence-corrected chi connectivity index (χ3v) is 3.66. The summed E-state index contributed by atoms with van der Waals surface area (Å²) >= 11 is 0. The summed E-state index contributed by atoms with van der Waals surface area (Å²) < 4.78 is 5.30. The van der Waals surface area contributed by atoms with Crippen LogP contribution in [0.25, 0.3) is 0 Å². The molecule has 3 N–H and O–H groups in total. The number of carbonyl (C=O) groups excluding carboxylic acids is 1. The Bertz CT molecular complexity index is 494. The van der Waals surface area contributed by atoms with Crippen molar-refractivity contribution in [2.45, 2.75) is 51.9 Å². The molecular weight excluding hydrogens is 278 g/mol. The molecule has 5 heteroatoms. The summed E-state index contributed by atoms with van der Waals surface area (Å²) in [5.41, 5.74) is 7.58. The molecule has 1 aliphatic heterocycles. The predicted molar refractivity (Wildman–Crippen MR) is 87.4 cm³/mol. The highest BCUT2D eigenvalue weighted by atomic mass is 16.6. The van der Waals surface area contributed by atoms with Crippen LogP contribution in [0.4, 0.5) is 4.79 Å². The lowest BCUT2D eigenvalue weighted by Crippen LogP contribution is -2.40. The number of rotatable bonds is 4. The maximum Gasteiger partial charge on any atom is 0.407 e. The van der Waals surface area contributed by atoms with Crippen LogP contribution < -0.4 is 11.1 Å². The minimum atomic E-state index is -0.451. The van der Waals surface area contributed by atoms with Gasteiger partial charge in [0.15, 0.2) is 0 Å². The number of nitrogens with zero attached hydrogens (tertiary/aromatic N) is 1. The van der Waals surface area contributed by atoms with Gasteiger partial charge in [0, 0.05) is 32.2 Å². The van der Waals surface area contributed by atoms with Crippen molar-refractivity contribution in [2.75, 3.05) is 13.1 Å². The second-order valence-corrected chi connectivity index (χ2v) is 6.89. The molecule has 0 saturated carbocycles. The third kappa shape index (κ3) is 5.31. The summed E-state index contributed by atoms with van der Waals surface area (Å²) in [4.78, 5) is 14.1. The van der Waals surface area contributed by atoms with Crippen LogP contribution >= 0.6 is 0 Å². The molecule has 22 heavy (non-hydrogen) atoms. The Labute approximate surface area is 132 Å². The zero-order valence-electron chi connectivity index (χ0n) is 13.8. The van der Waals surface area contributed by atoms with E-state index in [1.54, 1.807) is 0 Å². The van der Waals surface area contributed by atoms with Crippen molar-refractivity contribution >= 4 is 6.09 Å². The fourth-order valence-corrected chi connectivity index (χ4v) is 2.61. The van der Waals surface area contributed by atoms with E-state index in [0.717, 1.165) is 31.6 Å². The first-order valence-electron chi connectivity index (χ1n) is 7.85. The second-order valence-electron chi connectivity index (χ2n) is 6.89. The van der Waals surface area contributed by atoms with E-state index in [4.69, 9.17) is 10.5 Å². The molecule has 1 unspecified atom stereocenters. The minimum Gasteiger partial charge on any atom is -0.444 e. The fraction of sp³-hybridized carbons (Fsp3) is 0.588. The second kappa shape index (κ2) is 7.11. The smallest absolute Gasteiger partial charge is 0.407 e. The molecular formula is C17H27N3O2. The summed E-state index contributed by atoms with van der Waals surface area (Å²) in [6.07, 6.45) is 0.631. The molecule has 122 valence electrons. The molecule has 2 rings (SSSR count). The molecule has 0 bridgehead atoms. The highest BCUT2D eigenvalue weighted by Gasteiger charge is 2.25. The number of ether oxygens (including phenoxy) is 1. The largest absolute Gasteiger partial charge is 0.444 e. The van der Waals surface area contributed by atoms with E-state index in [9.17, 15) is 4.79 Å². The monoisotopic (exact) mass is 305 g/mol. The Balaban J connectivity index is 1.78. The van der Waals surface area contributed by atoms with Crippen molar-refractivity contribution in [2.24, 2.45) is 5.73 Å². The summed E-state index contributed by atoms with van der Waals surface area (Å²) in [5, 5.41) is 2.95. The Hall–Kier alpha value is -1.59. The highest BCUT2D eigenvalue weighted by Crippen LogP contribution is 2.15. The third-order valence-electron chi connectivity index (χ3n) is 3.66. The van der Waals surface area contributed by atoms with Crippen molar-refractivity contribution in [1.82, 2.24) is 10.2 Å². The summed E-state index contributed by atoms with van der Waals surface area (Å²) in [5.74, 6) is 0. The van der Waals surface area contributed by atoms with Gasteiger partial charge in [-0.3, -0.25) is 4.90 Å². The predicted octanol–water partition coefficient (Wildman–Crippen LogP) is 2.24. The van der Waals surface area contributed by atoms with Gasteiger partial charge in [-0.15, -0.1) is 0 Å². The Morgan fingerprint density at radius 1 is 1.32 bits per heavy atom. The number of hydrogen-bond donors (Lipinski definition) is 2. The fourth-order valence-electron chi connectivity index (χ4n) is 2.61.